The van der Waals surface area contributed by atoms with Gasteiger partial charge in [-0.1, -0.05) is 13.0 Å². The molecule has 7 heteroatoms. The molecule has 0 saturated carbocycles. The fraction of sp³-hybridized carbons (Fsp3) is 0.500. The molecule has 1 N–H and O–H groups in total. The lowest BCUT2D eigenvalue weighted by Gasteiger charge is -2.33. The van der Waals surface area contributed by atoms with Crippen LogP contribution in [0.15, 0.2) is 23.1 Å². The molecule has 0 spiro atoms. The van der Waals surface area contributed by atoms with E-state index in [1.807, 2.05) is 0 Å². The molecular formula is C14H18FNO4S. The molecule has 1 unspecified atom stereocenters. The van der Waals surface area contributed by atoms with Gasteiger partial charge in [0.2, 0.25) is 10.0 Å². The Labute approximate surface area is 123 Å². The maximum absolute atomic E-state index is 13.4. The number of aryl methyl sites for hydroxylation is 1. The third-order valence-electron chi connectivity index (χ3n) is 4.13. The molecule has 0 aromatic heterocycles. The van der Waals surface area contributed by atoms with E-state index < -0.39 is 27.3 Å². The summed E-state index contributed by atoms with van der Waals surface area (Å²) in [7, 11) is -4.04. The summed E-state index contributed by atoms with van der Waals surface area (Å²) in [5.41, 5.74) is -1.03. The highest BCUT2D eigenvalue weighted by Crippen LogP contribution is 2.38. The van der Waals surface area contributed by atoms with Crippen LogP contribution in [0.2, 0.25) is 0 Å². The highest BCUT2D eigenvalue weighted by molar-refractivity contribution is 7.89. The first-order valence-corrected chi connectivity index (χ1v) is 8.22. The van der Waals surface area contributed by atoms with Gasteiger partial charge in [-0.05, 0) is 43.9 Å². The number of benzene rings is 1. The third-order valence-corrected chi connectivity index (χ3v) is 6.24. The second-order valence-corrected chi connectivity index (χ2v) is 7.11. The van der Waals surface area contributed by atoms with Crippen LogP contribution in [0.3, 0.4) is 0 Å². The molecule has 1 atom stereocenters. The van der Waals surface area contributed by atoms with Crippen molar-refractivity contribution in [2.45, 2.75) is 43.5 Å². The van der Waals surface area contributed by atoms with Crippen LogP contribution in [0.4, 0.5) is 4.39 Å². The maximum Gasteiger partial charge on any atom is 0.325 e. The number of hydrogen-bond acceptors (Lipinski definition) is 3. The Morgan fingerprint density at radius 2 is 2.14 bits per heavy atom. The van der Waals surface area contributed by atoms with Crippen LogP contribution in [0.25, 0.3) is 0 Å². The van der Waals surface area contributed by atoms with Gasteiger partial charge in [0.1, 0.15) is 11.4 Å². The van der Waals surface area contributed by atoms with E-state index in [0.29, 0.717) is 12.0 Å². The summed E-state index contributed by atoms with van der Waals surface area (Å²) < 4.78 is 40.0. The smallest absolute Gasteiger partial charge is 0.325 e. The van der Waals surface area contributed by atoms with Crippen molar-refractivity contribution in [2.75, 3.05) is 6.54 Å². The number of sulfonamides is 1. The zero-order valence-electron chi connectivity index (χ0n) is 12.0. The number of nitrogens with zero attached hydrogens (tertiary/aromatic N) is 1. The normalized spacial score (nSPS) is 23.4. The average molecular weight is 315 g/mol. The third kappa shape index (κ3) is 2.44. The van der Waals surface area contributed by atoms with Crippen molar-refractivity contribution in [2.24, 2.45) is 0 Å². The zero-order chi connectivity index (χ0) is 15.8. The Hall–Kier alpha value is -1.47. The summed E-state index contributed by atoms with van der Waals surface area (Å²) >= 11 is 0. The van der Waals surface area contributed by atoms with Crippen LogP contribution in [-0.4, -0.2) is 35.9 Å². The molecular weight excluding hydrogens is 297 g/mol. The highest BCUT2D eigenvalue weighted by atomic mass is 32.2. The number of carboxylic acids is 1. The number of hydrogen-bond donors (Lipinski definition) is 1. The van der Waals surface area contributed by atoms with E-state index in [4.69, 9.17) is 0 Å². The number of aliphatic carboxylic acids is 1. The number of halogens is 1. The zero-order valence-corrected chi connectivity index (χ0v) is 12.8. The Morgan fingerprint density at radius 3 is 2.71 bits per heavy atom. The van der Waals surface area contributed by atoms with E-state index >= 15 is 0 Å². The molecule has 2 rings (SSSR count). The molecule has 5 nitrogen and oxygen atoms in total. The van der Waals surface area contributed by atoms with Crippen LogP contribution in [0, 0.1) is 12.7 Å². The molecule has 0 radical (unpaired) electrons. The van der Waals surface area contributed by atoms with Crippen molar-refractivity contribution < 1.29 is 22.7 Å². The Bertz CT molecular complexity index is 674. The molecule has 1 heterocycles. The van der Waals surface area contributed by atoms with Crippen molar-refractivity contribution in [3.05, 3.63) is 29.6 Å². The first kappa shape index (κ1) is 15.9. The minimum atomic E-state index is -4.04. The van der Waals surface area contributed by atoms with Gasteiger partial charge in [0, 0.05) is 6.54 Å². The predicted octanol–water partition coefficient (Wildman–Crippen LogP) is 2.15. The van der Waals surface area contributed by atoms with E-state index in [1.165, 1.54) is 12.1 Å². The molecule has 116 valence electrons. The predicted molar refractivity (Wildman–Crippen MR) is 74.9 cm³/mol. The average Bonchev–Trinajstić information content (AvgIpc) is 2.87. The lowest BCUT2D eigenvalue weighted by atomic mass is 9.95. The SMILES string of the molecule is CCC1(C(=O)O)CCCN1S(=O)(=O)c1cc(F)ccc1C. The van der Waals surface area contributed by atoms with Gasteiger partial charge >= 0.3 is 5.97 Å². The van der Waals surface area contributed by atoms with Crippen molar-refractivity contribution in [3.63, 3.8) is 0 Å². The second kappa shape index (κ2) is 5.38. The van der Waals surface area contributed by atoms with Crippen LogP contribution in [0.5, 0.6) is 0 Å². The molecule has 21 heavy (non-hydrogen) atoms. The van der Waals surface area contributed by atoms with Crippen molar-refractivity contribution in [3.8, 4) is 0 Å². The summed E-state index contributed by atoms with van der Waals surface area (Å²) in [4.78, 5) is 11.5. The molecule has 1 aliphatic heterocycles. The van der Waals surface area contributed by atoms with E-state index in [0.717, 1.165) is 10.4 Å². The topological polar surface area (TPSA) is 74.7 Å². The first-order valence-electron chi connectivity index (χ1n) is 6.78. The van der Waals surface area contributed by atoms with E-state index in [1.54, 1.807) is 13.8 Å². The lowest BCUT2D eigenvalue weighted by Crippen LogP contribution is -2.52. The summed E-state index contributed by atoms with van der Waals surface area (Å²) in [5, 5.41) is 9.49. The summed E-state index contributed by atoms with van der Waals surface area (Å²) in [6.45, 7) is 3.36. The van der Waals surface area contributed by atoms with Gasteiger partial charge in [-0.2, -0.15) is 4.31 Å². The minimum Gasteiger partial charge on any atom is -0.480 e. The first-order chi connectivity index (χ1) is 9.75. The van der Waals surface area contributed by atoms with Crippen LogP contribution in [-0.2, 0) is 14.8 Å². The van der Waals surface area contributed by atoms with Crippen molar-refractivity contribution in [1.29, 1.82) is 0 Å². The van der Waals surface area contributed by atoms with E-state index in [2.05, 4.69) is 0 Å². The highest BCUT2D eigenvalue weighted by Gasteiger charge is 2.52. The molecule has 0 bridgehead atoms. The van der Waals surface area contributed by atoms with Crippen LogP contribution in [0.1, 0.15) is 31.7 Å². The Kier molecular flexibility index (Phi) is 4.08. The van der Waals surface area contributed by atoms with Gasteiger partial charge in [-0.25, -0.2) is 12.8 Å². The van der Waals surface area contributed by atoms with E-state index in [9.17, 15) is 22.7 Å². The van der Waals surface area contributed by atoms with Gasteiger partial charge in [0.05, 0.1) is 4.90 Å². The molecule has 1 aromatic carbocycles. The van der Waals surface area contributed by atoms with Gasteiger partial charge in [-0.15, -0.1) is 0 Å². The molecule has 0 amide bonds. The lowest BCUT2D eigenvalue weighted by molar-refractivity contribution is -0.147. The minimum absolute atomic E-state index is 0.137. The van der Waals surface area contributed by atoms with Crippen molar-refractivity contribution in [1.82, 2.24) is 4.31 Å². The largest absolute Gasteiger partial charge is 0.480 e. The van der Waals surface area contributed by atoms with Crippen LogP contribution < -0.4 is 0 Å². The van der Waals surface area contributed by atoms with E-state index in [-0.39, 0.29) is 24.3 Å². The second-order valence-electron chi connectivity index (χ2n) is 5.28. The molecule has 1 fully saturated rings. The fourth-order valence-corrected chi connectivity index (χ4v) is 4.99. The molecule has 1 saturated heterocycles. The molecule has 1 aliphatic rings. The van der Waals surface area contributed by atoms with Gasteiger partial charge in [0.25, 0.3) is 0 Å². The summed E-state index contributed by atoms with van der Waals surface area (Å²) in [6.07, 6.45) is 0.927. The standard InChI is InChI=1S/C14H18FNO4S/c1-3-14(13(17)18)7-4-8-16(14)21(19,20)12-9-11(15)6-5-10(12)2/h5-6,9H,3-4,7-8H2,1-2H3,(H,17,18). The number of carbonyl (C=O) groups is 1. The number of carboxylic acid groups (broad SMARTS) is 1. The molecule has 0 aliphatic carbocycles. The van der Waals surface area contributed by atoms with Gasteiger partial charge in [-0.3, -0.25) is 4.79 Å². The summed E-state index contributed by atoms with van der Waals surface area (Å²) in [5.74, 6) is -1.81. The Balaban J connectivity index is 2.58. The Morgan fingerprint density at radius 1 is 1.48 bits per heavy atom. The fourth-order valence-electron chi connectivity index (χ4n) is 2.89. The van der Waals surface area contributed by atoms with Gasteiger partial charge in [0.15, 0.2) is 0 Å². The number of rotatable bonds is 4. The molecule has 1 aromatic rings. The maximum atomic E-state index is 13.4. The monoisotopic (exact) mass is 315 g/mol. The summed E-state index contributed by atoms with van der Waals surface area (Å²) in [6, 6.07) is 3.51. The van der Waals surface area contributed by atoms with Crippen LogP contribution >= 0.6 is 0 Å². The van der Waals surface area contributed by atoms with Gasteiger partial charge < -0.3 is 5.11 Å². The quantitative estimate of drug-likeness (QED) is 0.924. The van der Waals surface area contributed by atoms with Crippen molar-refractivity contribution >= 4 is 16.0 Å².